The summed E-state index contributed by atoms with van der Waals surface area (Å²) in [6, 6.07) is 6.39. The van der Waals surface area contributed by atoms with Crippen LogP contribution in [0, 0.1) is 0 Å². The molecule has 6 nitrogen and oxygen atoms in total. The number of carbonyl (C=O) groups is 2. The fourth-order valence-electron chi connectivity index (χ4n) is 2.21. The molecule has 114 valence electrons. The van der Waals surface area contributed by atoms with Crippen molar-refractivity contribution in [2.24, 2.45) is 0 Å². The first-order chi connectivity index (χ1) is 10.0. The zero-order valence-electron chi connectivity index (χ0n) is 11.7. The Hall–Kier alpha value is -1.60. The number of hydrogen-bond donors (Lipinski definition) is 1. The van der Waals surface area contributed by atoms with Crippen molar-refractivity contribution in [3.8, 4) is 0 Å². The molecule has 21 heavy (non-hydrogen) atoms. The van der Waals surface area contributed by atoms with Crippen molar-refractivity contribution in [1.29, 1.82) is 0 Å². The van der Waals surface area contributed by atoms with Crippen LogP contribution < -0.4 is 0 Å². The largest absolute Gasteiger partial charge is 0.480 e. The molecule has 1 unspecified atom stereocenters. The molecule has 1 aliphatic rings. The van der Waals surface area contributed by atoms with E-state index in [4.69, 9.17) is 4.74 Å². The summed E-state index contributed by atoms with van der Waals surface area (Å²) in [7, 11) is 1.66. The molecule has 0 radical (unpaired) electrons. The number of morpholine rings is 1. The molecule has 1 aromatic rings. The zero-order valence-corrected chi connectivity index (χ0v) is 13.2. The number of carboxylic acids is 1. The molecule has 1 atom stereocenters. The molecule has 1 saturated heterocycles. The quantitative estimate of drug-likeness (QED) is 0.896. The molecular weight excluding hydrogens is 340 g/mol. The average molecular weight is 357 g/mol. The van der Waals surface area contributed by atoms with Gasteiger partial charge in [0.05, 0.1) is 13.2 Å². The number of carboxylic acid groups (broad SMARTS) is 1. The standard InChI is InChI=1S/C14H17BrN2O4/c1-16(8-10-4-2-3-5-11(10)15)14(20)17-6-7-21-9-12(17)13(18)19/h2-5,12H,6-9H2,1H3,(H,18,19). The summed E-state index contributed by atoms with van der Waals surface area (Å²) in [6.07, 6.45) is 0. The average Bonchev–Trinajstić information content (AvgIpc) is 2.48. The summed E-state index contributed by atoms with van der Waals surface area (Å²) in [4.78, 5) is 26.5. The highest BCUT2D eigenvalue weighted by molar-refractivity contribution is 9.10. The molecule has 1 fully saturated rings. The molecule has 2 rings (SSSR count). The third-order valence-corrected chi connectivity index (χ3v) is 4.12. The van der Waals surface area contributed by atoms with Crippen LogP contribution in [0.3, 0.4) is 0 Å². The number of carbonyl (C=O) groups excluding carboxylic acids is 1. The molecular formula is C14H17BrN2O4. The first-order valence-electron chi connectivity index (χ1n) is 6.56. The fraction of sp³-hybridized carbons (Fsp3) is 0.429. The van der Waals surface area contributed by atoms with Crippen LogP contribution in [0.15, 0.2) is 28.7 Å². The summed E-state index contributed by atoms with van der Waals surface area (Å²) >= 11 is 3.44. The van der Waals surface area contributed by atoms with Gasteiger partial charge in [-0.15, -0.1) is 0 Å². The summed E-state index contributed by atoms with van der Waals surface area (Å²) < 4.78 is 6.06. The van der Waals surface area contributed by atoms with Gasteiger partial charge in [-0.05, 0) is 11.6 Å². The molecule has 0 aromatic heterocycles. The SMILES string of the molecule is CN(Cc1ccccc1Br)C(=O)N1CCOCC1C(=O)O. The van der Waals surface area contributed by atoms with Crippen molar-refractivity contribution in [3.05, 3.63) is 34.3 Å². The van der Waals surface area contributed by atoms with Gasteiger partial charge in [0, 0.05) is 24.6 Å². The Morgan fingerprint density at radius 2 is 2.19 bits per heavy atom. The van der Waals surface area contributed by atoms with E-state index < -0.39 is 12.0 Å². The van der Waals surface area contributed by atoms with Crippen LogP contribution in [-0.2, 0) is 16.1 Å². The van der Waals surface area contributed by atoms with Gasteiger partial charge >= 0.3 is 12.0 Å². The Labute approximate surface area is 131 Å². The van der Waals surface area contributed by atoms with Crippen LogP contribution in [-0.4, -0.2) is 59.8 Å². The van der Waals surface area contributed by atoms with E-state index in [-0.39, 0.29) is 19.2 Å². The van der Waals surface area contributed by atoms with Gasteiger partial charge in [0.1, 0.15) is 0 Å². The van der Waals surface area contributed by atoms with Crippen molar-refractivity contribution in [1.82, 2.24) is 9.80 Å². The number of ether oxygens (including phenoxy) is 1. The van der Waals surface area contributed by atoms with Gasteiger partial charge < -0.3 is 19.6 Å². The van der Waals surface area contributed by atoms with E-state index in [1.54, 1.807) is 7.05 Å². The minimum Gasteiger partial charge on any atom is -0.480 e. The van der Waals surface area contributed by atoms with Crippen molar-refractivity contribution >= 4 is 27.9 Å². The highest BCUT2D eigenvalue weighted by Crippen LogP contribution is 2.18. The molecule has 0 saturated carbocycles. The summed E-state index contributed by atoms with van der Waals surface area (Å²) in [5, 5.41) is 9.17. The number of nitrogens with zero attached hydrogens (tertiary/aromatic N) is 2. The summed E-state index contributed by atoms with van der Waals surface area (Å²) in [5.41, 5.74) is 0.966. The van der Waals surface area contributed by atoms with Crippen LogP contribution in [0.4, 0.5) is 4.79 Å². The van der Waals surface area contributed by atoms with E-state index in [2.05, 4.69) is 15.9 Å². The highest BCUT2D eigenvalue weighted by Gasteiger charge is 2.34. The second kappa shape index (κ2) is 6.91. The molecule has 1 N–H and O–H groups in total. The number of aliphatic carboxylic acids is 1. The van der Waals surface area contributed by atoms with Gasteiger partial charge in [-0.1, -0.05) is 34.1 Å². The normalized spacial score (nSPS) is 18.4. The van der Waals surface area contributed by atoms with Crippen LogP contribution in [0.5, 0.6) is 0 Å². The molecule has 1 aromatic carbocycles. The zero-order chi connectivity index (χ0) is 15.4. The van der Waals surface area contributed by atoms with Crippen LogP contribution >= 0.6 is 15.9 Å². The molecule has 0 spiro atoms. The number of urea groups is 1. The molecule has 1 aliphatic heterocycles. The first kappa shape index (κ1) is 15.8. The number of halogens is 1. The summed E-state index contributed by atoms with van der Waals surface area (Å²) in [5.74, 6) is -1.04. The van der Waals surface area contributed by atoms with Crippen molar-refractivity contribution < 1.29 is 19.4 Å². The molecule has 0 bridgehead atoms. The van der Waals surface area contributed by atoms with E-state index in [0.717, 1.165) is 10.0 Å². The van der Waals surface area contributed by atoms with Crippen molar-refractivity contribution in [2.45, 2.75) is 12.6 Å². The van der Waals surface area contributed by atoms with Crippen LogP contribution in [0.1, 0.15) is 5.56 Å². The van der Waals surface area contributed by atoms with Gasteiger partial charge in [0.2, 0.25) is 0 Å². The minimum atomic E-state index is -1.04. The topological polar surface area (TPSA) is 70.1 Å². The first-order valence-corrected chi connectivity index (χ1v) is 7.35. The molecule has 1 heterocycles. The maximum Gasteiger partial charge on any atom is 0.328 e. The Kier molecular flexibility index (Phi) is 5.19. The van der Waals surface area contributed by atoms with Crippen LogP contribution in [0.2, 0.25) is 0 Å². The summed E-state index contributed by atoms with van der Waals surface area (Å²) in [6.45, 7) is 1.09. The van der Waals surface area contributed by atoms with Gasteiger partial charge in [0.25, 0.3) is 0 Å². The minimum absolute atomic E-state index is 0.0317. The Balaban J connectivity index is 2.07. The van der Waals surface area contributed by atoms with E-state index in [0.29, 0.717) is 13.2 Å². The second-order valence-electron chi connectivity index (χ2n) is 4.85. The third-order valence-electron chi connectivity index (χ3n) is 3.35. The molecule has 0 aliphatic carbocycles. The fourth-order valence-corrected chi connectivity index (χ4v) is 2.62. The monoisotopic (exact) mass is 356 g/mol. The predicted octanol–water partition coefficient (Wildman–Crippen LogP) is 1.79. The highest BCUT2D eigenvalue weighted by atomic mass is 79.9. The Morgan fingerprint density at radius 3 is 2.86 bits per heavy atom. The Bertz CT molecular complexity index is 537. The van der Waals surface area contributed by atoms with Crippen molar-refractivity contribution in [2.75, 3.05) is 26.8 Å². The maximum atomic E-state index is 12.4. The predicted molar refractivity (Wildman–Crippen MR) is 80.0 cm³/mol. The third kappa shape index (κ3) is 3.74. The maximum absolute atomic E-state index is 12.4. The Morgan fingerprint density at radius 1 is 1.48 bits per heavy atom. The van der Waals surface area contributed by atoms with E-state index in [9.17, 15) is 14.7 Å². The lowest BCUT2D eigenvalue weighted by Gasteiger charge is -2.35. The van der Waals surface area contributed by atoms with E-state index in [1.807, 2.05) is 24.3 Å². The number of amides is 2. The number of rotatable bonds is 3. The van der Waals surface area contributed by atoms with Crippen LogP contribution in [0.25, 0.3) is 0 Å². The smallest absolute Gasteiger partial charge is 0.328 e. The van der Waals surface area contributed by atoms with Gasteiger partial charge in [-0.3, -0.25) is 0 Å². The second-order valence-corrected chi connectivity index (χ2v) is 5.71. The number of hydrogen-bond acceptors (Lipinski definition) is 3. The molecule has 2 amide bonds. The van der Waals surface area contributed by atoms with Gasteiger partial charge in [0.15, 0.2) is 6.04 Å². The lowest BCUT2D eigenvalue weighted by molar-refractivity contribution is -0.147. The molecule has 7 heteroatoms. The van der Waals surface area contributed by atoms with E-state index in [1.165, 1.54) is 9.80 Å². The van der Waals surface area contributed by atoms with Gasteiger partial charge in [-0.2, -0.15) is 0 Å². The van der Waals surface area contributed by atoms with Gasteiger partial charge in [-0.25, -0.2) is 9.59 Å². The van der Waals surface area contributed by atoms with E-state index >= 15 is 0 Å². The lowest BCUT2D eigenvalue weighted by Crippen LogP contribution is -2.55. The van der Waals surface area contributed by atoms with Crippen molar-refractivity contribution in [3.63, 3.8) is 0 Å². The lowest BCUT2D eigenvalue weighted by atomic mass is 10.2. The number of benzene rings is 1.